The molecular formula is C128H80N6O. The zero-order chi connectivity index (χ0) is 88.5. The molecule has 7 aromatic heterocycles. The number of furan rings is 1. The second-order valence-corrected chi connectivity index (χ2v) is 35.6. The van der Waals surface area contributed by atoms with Gasteiger partial charge in [-0.1, -0.05) is 370 Å². The Morgan fingerprint density at radius 3 is 1.01 bits per heavy atom. The summed E-state index contributed by atoms with van der Waals surface area (Å²) in [6.45, 7) is 0. The highest BCUT2D eigenvalue weighted by Gasteiger charge is 2.30. The van der Waals surface area contributed by atoms with Crippen molar-refractivity contribution < 1.29 is 4.42 Å². The molecule has 0 fully saturated rings. The summed E-state index contributed by atoms with van der Waals surface area (Å²) in [7, 11) is 0. The van der Waals surface area contributed by atoms with Gasteiger partial charge < -0.3 is 31.8 Å². The Hall–Kier alpha value is -18.0. The predicted octanol–water partition coefficient (Wildman–Crippen LogP) is 34.6. The first-order chi connectivity index (χ1) is 67.1. The van der Waals surface area contributed by atoms with Gasteiger partial charge in [0.05, 0.1) is 71.9 Å². The van der Waals surface area contributed by atoms with E-state index in [-0.39, 0.29) is 0 Å². The van der Waals surface area contributed by atoms with Gasteiger partial charge >= 0.3 is 0 Å². The van der Waals surface area contributed by atoms with Crippen LogP contribution >= 0.6 is 0 Å². The molecule has 0 aliphatic carbocycles. The van der Waals surface area contributed by atoms with Crippen molar-refractivity contribution in [3.05, 3.63) is 485 Å². The van der Waals surface area contributed by atoms with Crippen LogP contribution in [0.1, 0.15) is 0 Å². The number of rotatable bonds is 8. The molecule has 0 saturated carbocycles. The van der Waals surface area contributed by atoms with E-state index in [4.69, 9.17) is 4.42 Å². The molecule has 0 radical (unpaired) electrons. The molecule has 7 heteroatoms. The Labute approximate surface area is 774 Å². The Bertz CT molecular complexity index is 10100. The molecule has 0 aliphatic rings. The fourth-order valence-corrected chi connectivity index (χ4v) is 22.8. The zero-order valence-corrected chi connectivity index (χ0v) is 73.3. The van der Waals surface area contributed by atoms with Crippen molar-refractivity contribution >= 4 is 207 Å². The number of hydrogen-bond acceptors (Lipinski definition) is 1. The van der Waals surface area contributed by atoms with Gasteiger partial charge in [0, 0.05) is 120 Å². The van der Waals surface area contributed by atoms with Crippen LogP contribution in [0.25, 0.3) is 263 Å². The Kier molecular flexibility index (Phi) is 17.0. The third-order valence-corrected chi connectivity index (χ3v) is 28.4. The number of aromatic nitrogens is 6. The first kappa shape index (κ1) is 75.9. The van der Waals surface area contributed by atoms with Crippen LogP contribution in [0, 0.1) is 0 Å². The second kappa shape index (κ2) is 30.3. The highest BCUT2D eigenvalue weighted by Crippen LogP contribution is 2.53. The molecule has 0 aliphatic heterocycles. The van der Waals surface area contributed by atoms with Gasteiger partial charge in [-0.15, -0.1) is 0 Å². The minimum atomic E-state index is 0.902. The normalized spacial score (nSPS) is 12.0. The van der Waals surface area contributed by atoms with E-state index in [1.807, 2.05) is 6.07 Å². The van der Waals surface area contributed by atoms with E-state index in [9.17, 15) is 0 Å². The number of benzene rings is 23. The fraction of sp³-hybridized carbons (Fsp3) is 0. The van der Waals surface area contributed by atoms with Crippen LogP contribution in [0.5, 0.6) is 0 Å². The largest absolute Gasteiger partial charge is 0.454 e. The van der Waals surface area contributed by atoms with Gasteiger partial charge in [0.2, 0.25) is 0 Å². The summed E-state index contributed by atoms with van der Waals surface area (Å²) >= 11 is 0. The third-order valence-electron chi connectivity index (χ3n) is 28.4. The molecule has 0 N–H and O–H groups in total. The van der Waals surface area contributed by atoms with Gasteiger partial charge in [0.15, 0.2) is 5.58 Å². The second-order valence-electron chi connectivity index (χ2n) is 35.6. The molecule has 7 heterocycles. The predicted molar refractivity (Wildman–Crippen MR) is 571 cm³/mol. The van der Waals surface area contributed by atoms with Crippen LogP contribution < -0.4 is 0 Å². The fourth-order valence-electron chi connectivity index (χ4n) is 22.8. The zero-order valence-electron chi connectivity index (χ0n) is 73.3. The van der Waals surface area contributed by atoms with Crippen LogP contribution in [-0.2, 0) is 0 Å². The SMILES string of the molecule is c1ccc(-c2cccc(-n3c4ccccc4c4c3c3ccccc3c3c5c6ccccc6ccc5n(-c5cccc(-c6ccccc6)c5)c34)c2)cc1.c1ccc(-n2c3ccccc3c3c2c2ccccc2c2c4c5ccccc5ccc4n(-c4ccccc4)c23)cc1.c1ccc(-n2c3ccccc3c3cc4c5ccc6ccccc6c5n(-c5cccc6c5oc5ccccc56)c4cc32)cc1. The number of fused-ring (bicyclic) bond motifs is 35. The van der Waals surface area contributed by atoms with E-state index < -0.39 is 0 Å². The van der Waals surface area contributed by atoms with E-state index >= 15 is 0 Å². The first-order valence-electron chi connectivity index (χ1n) is 46.5. The van der Waals surface area contributed by atoms with Gasteiger partial charge in [-0.05, 0) is 175 Å². The standard InChI is InChI=1S/C50H32N2.C40H24N2O.C38H24N2/c1-3-15-33(16-4-1)36-20-13-22-38(31-36)51-44-28-12-11-27-43(44)48-49(51)42-26-10-9-25-41(42)47-46-40-24-8-7-19-35(40)29-30-45(46)52(50(47)48)39-23-14-21-37(32-39)34-17-5-2-6-18-34;1-2-12-26(13-3-1)41-34-18-8-6-15-28(34)32-23-33-30-22-21-25-11-4-5-14-27(25)39(30)42(37(33)24-36(32)41)35-19-10-17-31-29-16-7-9-20-38(29)43-40(31)35;1-3-14-26(15-4-1)39-32-22-12-11-21-31(32)36-37(39)30-20-10-9-19-29(30)35-34-28-18-8-7-13-25(28)23-24-33(34)40(38(35)36)27-16-5-2-6-17-27/h1-32H;1-24H;1-24H. The van der Waals surface area contributed by atoms with E-state index in [0.717, 1.165) is 50.2 Å². The Morgan fingerprint density at radius 1 is 0.141 bits per heavy atom. The van der Waals surface area contributed by atoms with Crippen molar-refractivity contribution in [3.63, 3.8) is 0 Å². The summed E-state index contributed by atoms with van der Waals surface area (Å²) in [4.78, 5) is 0. The molecule has 0 amide bonds. The smallest absolute Gasteiger partial charge is 0.159 e. The van der Waals surface area contributed by atoms with Crippen LogP contribution in [0.3, 0.4) is 0 Å². The van der Waals surface area contributed by atoms with E-state index in [0.29, 0.717) is 0 Å². The molecule has 0 bridgehead atoms. The molecule has 30 aromatic rings. The maximum absolute atomic E-state index is 6.62. The van der Waals surface area contributed by atoms with Crippen molar-refractivity contribution in [2.45, 2.75) is 0 Å². The lowest BCUT2D eigenvalue weighted by Gasteiger charge is -2.14. The quantitative estimate of drug-likeness (QED) is 0.149. The summed E-state index contributed by atoms with van der Waals surface area (Å²) in [5.74, 6) is 0. The summed E-state index contributed by atoms with van der Waals surface area (Å²) in [5.41, 5.74) is 28.0. The van der Waals surface area contributed by atoms with E-state index in [2.05, 4.69) is 507 Å². The topological polar surface area (TPSA) is 42.7 Å². The molecule has 23 aromatic carbocycles. The molecule has 30 rings (SSSR count). The maximum Gasteiger partial charge on any atom is 0.159 e. The molecule has 0 atom stereocenters. The molecule has 7 nitrogen and oxygen atoms in total. The molecular weight excluding hydrogens is 1640 g/mol. The summed E-state index contributed by atoms with van der Waals surface area (Å²) in [6.07, 6.45) is 0. The Morgan fingerprint density at radius 2 is 0.481 bits per heavy atom. The number of para-hydroxylation sites is 8. The molecule has 135 heavy (non-hydrogen) atoms. The van der Waals surface area contributed by atoms with Gasteiger partial charge in [0.25, 0.3) is 0 Å². The van der Waals surface area contributed by atoms with Crippen LogP contribution in [0.4, 0.5) is 0 Å². The van der Waals surface area contributed by atoms with Crippen molar-refractivity contribution in [1.29, 1.82) is 0 Å². The Balaban J connectivity index is 0.000000102. The molecule has 628 valence electrons. The highest BCUT2D eigenvalue weighted by atomic mass is 16.3. The van der Waals surface area contributed by atoms with Crippen molar-refractivity contribution in [2.24, 2.45) is 0 Å². The molecule has 0 saturated heterocycles. The highest BCUT2D eigenvalue weighted by molar-refractivity contribution is 6.41. The van der Waals surface area contributed by atoms with E-state index in [1.54, 1.807) is 0 Å². The van der Waals surface area contributed by atoms with Gasteiger partial charge in [-0.25, -0.2) is 0 Å². The van der Waals surface area contributed by atoms with Gasteiger partial charge in [-0.2, -0.15) is 0 Å². The summed E-state index contributed by atoms with van der Waals surface area (Å²) in [5, 5.41) is 30.1. The average molecular weight is 1720 g/mol. The van der Waals surface area contributed by atoms with Crippen molar-refractivity contribution in [1.82, 2.24) is 27.4 Å². The first-order valence-corrected chi connectivity index (χ1v) is 46.5. The van der Waals surface area contributed by atoms with Crippen molar-refractivity contribution in [3.8, 4) is 56.4 Å². The lowest BCUT2D eigenvalue weighted by atomic mass is 9.97. The summed E-state index contributed by atoms with van der Waals surface area (Å²) in [6, 6.07) is 176. The minimum absolute atomic E-state index is 0.902. The van der Waals surface area contributed by atoms with Crippen molar-refractivity contribution in [2.75, 3.05) is 0 Å². The molecule has 0 spiro atoms. The summed E-state index contributed by atoms with van der Waals surface area (Å²) < 4.78 is 21.4. The number of hydrogen-bond donors (Lipinski definition) is 0. The van der Waals surface area contributed by atoms with Crippen LogP contribution in [0.15, 0.2) is 490 Å². The third kappa shape index (κ3) is 11.5. The monoisotopic (exact) mass is 1720 g/mol. The van der Waals surface area contributed by atoms with Crippen LogP contribution in [-0.4, -0.2) is 27.4 Å². The van der Waals surface area contributed by atoms with E-state index in [1.165, 1.54) is 213 Å². The lowest BCUT2D eigenvalue weighted by molar-refractivity contribution is 0.666. The number of nitrogens with zero attached hydrogens (tertiary/aromatic N) is 6. The van der Waals surface area contributed by atoms with Gasteiger partial charge in [-0.3, -0.25) is 0 Å². The minimum Gasteiger partial charge on any atom is -0.454 e. The lowest BCUT2D eigenvalue weighted by Crippen LogP contribution is -1.97. The molecule has 0 unspecified atom stereocenters. The van der Waals surface area contributed by atoms with Crippen LogP contribution in [0.2, 0.25) is 0 Å². The maximum atomic E-state index is 6.62. The average Bonchev–Trinajstić information content (AvgIpc) is 1.55. The van der Waals surface area contributed by atoms with Gasteiger partial charge in [0.1, 0.15) is 5.58 Å².